The second-order valence-corrected chi connectivity index (χ2v) is 4.91. The van der Waals surface area contributed by atoms with Crippen molar-refractivity contribution < 1.29 is 4.74 Å². The smallest absolute Gasteiger partial charge is 0.233 e. The van der Waals surface area contributed by atoms with E-state index in [0.29, 0.717) is 5.88 Å². The Morgan fingerprint density at radius 1 is 0.857 bits per heavy atom. The average molecular weight is 286 g/mol. The number of hydrogen-bond donors (Lipinski definition) is 0. The molecule has 0 bridgehead atoms. The van der Waals surface area contributed by atoms with Gasteiger partial charge in [-0.15, -0.1) is 0 Å². The quantitative estimate of drug-likeness (QED) is 0.830. The molecular weight excluding hydrogens is 268 g/mol. The van der Waals surface area contributed by atoms with Crippen LogP contribution in [0.4, 0.5) is 11.6 Å². The monoisotopic (exact) mass is 286 g/mol. The molecule has 1 aliphatic heterocycles. The molecule has 0 N–H and O–H groups in total. The standard InChI is InChI=1S/C14H18N6O/c1-11-7-15-8-12(17-11)19-3-5-20(6-4-19)13-9-16-10-14(18-13)21-2/h7-10H,3-6H2,1-2H3. The number of nitrogens with zero attached hydrogens (tertiary/aromatic N) is 6. The number of anilines is 2. The highest BCUT2D eigenvalue weighted by molar-refractivity contribution is 5.43. The molecule has 0 aromatic carbocycles. The van der Waals surface area contributed by atoms with Crippen LogP contribution in [-0.4, -0.2) is 53.2 Å². The maximum atomic E-state index is 5.12. The van der Waals surface area contributed by atoms with Gasteiger partial charge in [0.05, 0.1) is 31.4 Å². The molecule has 1 aliphatic rings. The third-order valence-corrected chi connectivity index (χ3v) is 3.48. The molecule has 7 nitrogen and oxygen atoms in total. The predicted molar refractivity (Wildman–Crippen MR) is 79.8 cm³/mol. The van der Waals surface area contributed by atoms with E-state index in [1.807, 2.05) is 13.1 Å². The summed E-state index contributed by atoms with van der Waals surface area (Å²) in [6.45, 7) is 5.47. The van der Waals surface area contributed by atoms with Crippen LogP contribution in [0.15, 0.2) is 24.8 Å². The van der Waals surface area contributed by atoms with Crippen molar-refractivity contribution in [2.75, 3.05) is 43.1 Å². The second-order valence-electron chi connectivity index (χ2n) is 4.91. The van der Waals surface area contributed by atoms with Crippen molar-refractivity contribution in [1.29, 1.82) is 0 Å². The van der Waals surface area contributed by atoms with Crippen molar-refractivity contribution >= 4 is 11.6 Å². The van der Waals surface area contributed by atoms with Gasteiger partial charge in [-0.1, -0.05) is 0 Å². The van der Waals surface area contributed by atoms with Crippen LogP contribution in [0.1, 0.15) is 5.69 Å². The number of methoxy groups -OCH3 is 1. The molecule has 2 aromatic rings. The lowest BCUT2D eigenvalue weighted by Gasteiger charge is -2.35. The van der Waals surface area contributed by atoms with E-state index in [4.69, 9.17) is 4.74 Å². The predicted octanol–water partition coefficient (Wildman–Crippen LogP) is 0.910. The van der Waals surface area contributed by atoms with E-state index < -0.39 is 0 Å². The Morgan fingerprint density at radius 3 is 2.00 bits per heavy atom. The third-order valence-electron chi connectivity index (χ3n) is 3.48. The fourth-order valence-electron chi connectivity index (χ4n) is 2.36. The normalized spacial score (nSPS) is 15.1. The maximum Gasteiger partial charge on any atom is 0.233 e. The number of hydrogen-bond acceptors (Lipinski definition) is 7. The van der Waals surface area contributed by atoms with Gasteiger partial charge in [0.1, 0.15) is 5.82 Å². The van der Waals surface area contributed by atoms with Crippen LogP contribution >= 0.6 is 0 Å². The topological polar surface area (TPSA) is 67.3 Å². The van der Waals surface area contributed by atoms with Crippen LogP contribution in [0.3, 0.4) is 0 Å². The van der Waals surface area contributed by atoms with Gasteiger partial charge in [-0.2, -0.15) is 4.98 Å². The van der Waals surface area contributed by atoms with Crippen LogP contribution in [-0.2, 0) is 0 Å². The molecule has 0 unspecified atom stereocenters. The summed E-state index contributed by atoms with van der Waals surface area (Å²) in [6.07, 6.45) is 6.96. The van der Waals surface area contributed by atoms with E-state index in [0.717, 1.165) is 43.5 Å². The Bertz CT molecular complexity index is 612. The summed E-state index contributed by atoms with van der Waals surface area (Å²) in [5.41, 5.74) is 0.939. The van der Waals surface area contributed by atoms with Gasteiger partial charge in [0.15, 0.2) is 5.82 Å². The van der Waals surface area contributed by atoms with Crippen molar-refractivity contribution in [2.45, 2.75) is 6.92 Å². The summed E-state index contributed by atoms with van der Waals surface area (Å²) in [5.74, 6) is 2.33. The first-order valence-electron chi connectivity index (χ1n) is 6.91. The summed E-state index contributed by atoms with van der Waals surface area (Å²) in [6, 6.07) is 0. The number of ether oxygens (including phenoxy) is 1. The van der Waals surface area contributed by atoms with E-state index in [-0.39, 0.29) is 0 Å². The molecule has 0 saturated carbocycles. The lowest BCUT2D eigenvalue weighted by atomic mass is 10.3. The Balaban J connectivity index is 1.67. The van der Waals surface area contributed by atoms with Gasteiger partial charge in [-0.05, 0) is 6.92 Å². The van der Waals surface area contributed by atoms with Crippen LogP contribution in [0.5, 0.6) is 5.88 Å². The molecule has 0 atom stereocenters. The van der Waals surface area contributed by atoms with Crippen molar-refractivity contribution in [1.82, 2.24) is 19.9 Å². The summed E-state index contributed by atoms with van der Waals surface area (Å²) in [4.78, 5) is 21.7. The molecule has 0 radical (unpaired) electrons. The van der Waals surface area contributed by atoms with E-state index >= 15 is 0 Å². The first-order chi connectivity index (χ1) is 10.3. The summed E-state index contributed by atoms with van der Waals surface area (Å²) in [5, 5.41) is 0. The fourth-order valence-corrected chi connectivity index (χ4v) is 2.36. The highest BCUT2D eigenvalue weighted by atomic mass is 16.5. The molecule has 2 aromatic heterocycles. The first kappa shape index (κ1) is 13.5. The van der Waals surface area contributed by atoms with Gasteiger partial charge in [-0.3, -0.25) is 9.97 Å². The van der Waals surface area contributed by atoms with Gasteiger partial charge in [0.2, 0.25) is 5.88 Å². The van der Waals surface area contributed by atoms with Crippen LogP contribution in [0, 0.1) is 6.92 Å². The van der Waals surface area contributed by atoms with Gasteiger partial charge in [-0.25, -0.2) is 4.98 Å². The van der Waals surface area contributed by atoms with Crippen molar-refractivity contribution in [3.05, 3.63) is 30.5 Å². The molecule has 7 heteroatoms. The molecule has 3 rings (SSSR count). The third kappa shape index (κ3) is 3.01. The fraction of sp³-hybridized carbons (Fsp3) is 0.429. The molecule has 21 heavy (non-hydrogen) atoms. The Kier molecular flexibility index (Phi) is 3.81. The van der Waals surface area contributed by atoms with E-state index in [9.17, 15) is 0 Å². The molecule has 0 aliphatic carbocycles. The maximum absolute atomic E-state index is 5.12. The van der Waals surface area contributed by atoms with Gasteiger partial charge >= 0.3 is 0 Å². The van der Waals surface area contributed by atoms with E-state index in [1.54, 1.807) is 25.7 Å². The summed E-state index contributed by atoms with van der Waals surface area (Å²) in [7, 11) is 1.60. The Morgan fingerprint density at radius 2 is 1.43 bits per heavy atom. The summed E-state index contributed by atoms with van der Waals surface area (Å²) < 4.78 is 5.12. The van der Waals surface area contributed by atoms with Crippen LogP contribution in [0.2, 0.25) is 0 Å². The van der Waals surface area contributed by atoms with Crippen LogP contribution < -0.4 is 14.5 Å². The second kappa shape index (κ2) is 5.90. The number of piperazine rings is 1. The molecule has 3 heterocycles. The summed E-state index contributed by atoms with van der Waals surface area (Å²) >= 11 is 0. The zero-order valence-corrected chi connectivity index (χ0v) is 12.2. The van der Waals surface area contributed by atoms with Gasteiger partial charge in [0, 0.05) is 32.4 Å². The minimum absolute atomic E-state index is 0.541. The first-order valence-corrected chi connectivity index (χ1v) is 6.91. The zero-order valence-electron chi connectivity index (χ0n) is 12.2. The lowest BCUT2D eigenvalue weighted by molar-refractivity contribution is 0.395. The van der Waals surface area contributed by atoms with Crippen LogP contribution in [0.25, 0.3) is 0 Å². The SMILES string of the molecule is COc1cncc(N2CCN(c3cncc(C)n3)CC2)n1. The Labute approximate surface area is 123 Å². The molecule has 0 spiro atoms. The highest BCUT2D eigenvalue weighted by Gasteiger charge is 2.19. The minimum atomic E-state index is 0.541. The average Bonchev–Trinajstić information content (AvgIpc) is 2.55. The van der Waals surface area contributed by atoms with Crippen molar-refractivity contribution in [3.8, 4) is 5.88 Å². The molecule has 110 valence electrons. The molecule has 1 fully saturated rings. The molecule has 1 saturated heterocycles. The van der Waals surface area contributed by atoms with E-state index in [1.165, 1.54) is 0 Å². The van der Waals surface area contributed by atoms with E-state index in [2.05, 4.69) is 29.7 Å². The number of aromatic nitrogens is 4. The molecule has 0 amide bonds. The number of rotatable bonds is 3. The number of aryl methyl sites for hydroxylation is 1. The van der Waals surface area contributed by atoms with Crippen molar-refractivity contribution in [2.24, 2.45) is 0 Å². The van der Waals surface area contributed by atoms with Gasteiger partial charge < -0.3 is 14.5 Å². The Hall–Kier alpha value is -2.44. The molecular formula is C14H18N6O. The lowest BCUT2D eigenvalue weighted by Crippen LogP contribution is -2.47. The van der Waals surface area contributed by atoms with Crippen molar-refractivity contribution in [3.63, 3.8) is 0 Å². The largest absolute Gasteiger partial charge is 0.480 e. The minimum Gasteiger partial charge on any atom is -0.480 e. The highest BCUT2D eigenvalue weighted by Crippen LogP contribution is 2.18. The van der Waals surface area contributed by atoms with Gasteiger partial charge in [0.25, 0.3) is 0 Å². The zero-order chi connectivity index (χ0) is 14.7.